The van der Waals surface area contributed by atoms with Gasteiger partial charge in [-0.3, -0.25) is 4.79 Å². The highest BCUT2D eigenvalue weighted by atomic mass is 79.9. The van der Waals surface area contributed by atoms with Crippen LogP contribution < -0.4 is 0 Å². The summed E-state index contributed by atoms with van der Waals surface area (Å²) in [7, 11) is 0. The Bertz CT molecular complexity index is 451. The molecule has 1 aromatic rings. The molecular weight excluding hydrogens is 297 g/mol. The van der Waals surface area contributed by atoms with Crippen molar-refractivity contribution in [2.24, 2.45) is 0 Å². The van der Waals surface area contributed by atoms with Gasteiger partial charge < -0.3 is 4.90 Å². The zero-order valence-electron chi connectivity index (χ0n) is 10.6. The van der Waals surface area contributed by atoms with Crippen LogP contribution in [0.25, 0.3) is 0 Å². The minimum atomic E-state index is -0.567. The van der Waals surface area contributed by atoms with E-state index < -0.39 is 4.32 Å². The maximum Gasteiger partial charge on any atom is 0.239 e. The van der Waals surface area contributed by atoms with E-state index in [0.29, 0.717) is 12.6 Å². The Morgan fingerprint density at radius 2 is 2.17 bits per heavy atom. The van der Waals surface area contributed by atoms with E-state index in [0.717, 1.165) is 18.4 Å². The molecule has 0 atom stereocenters. The molecule has 4 heteroatoms. The van der Waals surface area contributed by atoms with Crippen molar-refractivity contribution < 1.29 is 9.18 Å². The Hall–Kier alpha value is -0.900. The first-order valence-corrected chi connectivity index (χ1v) is 6.91. The number of halogens is 2. The van der Waals surface area contributed by atoms with Crippen molar-refractivity contribution in [3.63, 3.8) is 0 Å². The van der Waals surface area contributed by atoms with E-state index in [4.69, 9.17) is 0 Å². The normalized spacial score (nSPS) is 15.6. The highest BCUT2D eigenvalue weighted by Gasteiger charge is 2.38. The minimum absolute atomic E-state index is 0.0641. The highest BCUT2D eigenvalue weighted by Crippen LogP contribution is 2.32. The molecule has 0 unspecified atom stereocenters. The number of hydrogen-bond acceptors (Lipinski definition) is 1. The van der Waals surface area contributed by atoms with Gasteiger partial charge in [0, 0.05) is 12.6 Å². The summed E-state index contributed by atoms with van der Waals surface area (Å²) in [6.45, 7) is 4.17. The van der Waals surface area contributed by atoms with Gasteiger partial charge in [-0.05, 0) is 44.4 Å². The van der Waals surface area contributed by atoms with E-state index in [-0.39, 0.29) is 11.7 Å². The number of carbonyl (C=O) groups is 1. The number of benzene rings is 1. The van der Waals surface area contributed by atoms with Crippen LogP contribution in [0, 0.1) is 5.82 Å². The van der Waals surface area contributed by atoms with Gasteiger partial charge in [0.2, 0.25) is 5.91 Å². The van der Waals surface area contributed by atoms with Crippen molar-refractivity contribution in [1.29, 1.82) is 0 Å². The lowest BCUT2D eigenvalue weighted by molar-refractivity contribution is -0.134. The van der Waals surface area contributed by atoms with Gasteiger partial charge in [0.05, 0.1) is 4.32 Å². The largest absolute Gasteiger partial charge is 0.334 e. The van der Waals surface area contributed by atoms with E-state index in [2.05, 4.69) is 15.9 Å². The lowest BCUT2D eigenvalue weighted by atomic mass is 10.1. The molecule has 1 aliphatic rings. The van der Waals surface area contributed by atoms with Gasteiger partial charge in [0.15, 0.2) is 0 Å². The predicted octanol–water partition coefficient (Wildman–Crippen LogP) is 3.49. The number of hydrogen-bond donors (Lipinski definition) is 0. The molecule has 1 fully saturated rings. The fraction of sp³-hybridized carbons (Fsp3) is 0.500. The fourth-order valence-corrected chi connectivity index (χ4v) is 2.15. The zero-order chi connectivity index (χ0) is 13.3. The molecule has 0 spiro atoms. The van der Waals surface area contributed by atoms with Gasteiger partial charge in [-0.2, -0.15) is 0 Å². The van der Waals surface area contributed by atoms with E-state index in [1.165, 1.54) is 12.1 Å². The van der Waals surface area contributed by atoms with Crippen molar-refractivity contribution in [2.75, 3.05) is 0 Å². The fourth-order valence-electron chi connectivity index (χ4n) is 1.93. The molecule has 0 bridgehead atoms. The third-order valence-electron chi connectivity index (χ3n) is 3.00. The Morgan fingerprint density at radius 1 is 1.50 bits per heavy atom. The van der Waals surface area contributed by atoms with Crippen LogP contribution in [0.4, 0.5) is 4.39 Å². The van der Waals surface area contributed by atoms with E-state index >= 15 is 0 Å². The molecule has 1 aromatic carbocycles. The van der Waals surface area contributed by atoms with Crippen LogP contribution in [0.3, 0.4) is 0 Å². The minimum Gasteiger partial charge on any atom is -0.334 e. The maximum atomic E-state index is 13.2. The first-order chi connectivity index (χ1) is 8.38. The van der Waals surface area contributed by atoms with Crippen LogP contribution in [0.5, 0.6) is 0 Å². The number of amides is 1. The molecule has 0 aromatic heterocycles. The standard InChI is InChI=1S/C14H17BrFNO/c1-14(2,15)13(18)17(12-6-7-12)9-10-4-3-5-11(16)8-10/h3-5,8,12H,6-7,9H2,1-2H3. The number of alkyl halides is 1. The van der Waals surface area contributed by atoms with Crippen LogP contribution >= 0.6 is 15.9 Å². The molecule has 0 heterocycles. The third kappa shape index (κ3) is 3.31. The second kappa shape index (κ2) is 5.00. The summed E-state index contributed by atoms with van der Waals surface area (Å²) >= 11 is 3.40. The summed E-state index contributed by atoms with van der Waals surface area (Å²) in [6, 6.07) is 6.76. The molecule has 2 rings (SSSR count). The summed E-state index contributed by atoms with van der Waals surface area (Å²) in [5.41, 5.74) is 0.840. The smallest absolute Gasteiger partial charge is 0.239 e. The Labute approximate surface area is 115 Å². The molecule has 2 nitrogen and oxygen atoms in total. The summed E-state index contributed by atoms with van der Waals surface area (Å²) < 4.78 is 12.6. The van der Waals surface area contributed by atoms with Gasteiger partial charge in [-0.1, -0.05) is 28.1 Å². The lowest BCUT2D eigenvalue weighted by Crippen LogP contribution is -2.42. The van der Waals surface area contributed by atoms with Gasteiger partial charge in [-0.25, -0.2) is 4.39 Å². The van der Waals surface area contributed by atoms with Crippen molar-refractivity contribution >= 4 is 21.8 Å². The second-order valence-electron chi connectivity index (χ2n) is 5.27. The number of nitrogens with zero attached hydrogens (tertiary/aromatic N) is 1. The summed E-state index contributed by atoms with van der Waals surface area (Å²) in [4.78, 5) is 14.2. The molecule has 98 valence electrons. The monoisotopic (exact) mass is 313 g/mol. The molecular formula is C14H17BrFNO. The van der Waals surface area contributed by atoms with E-state index in [9.17, 15) is 9.18 Å². The summed E-state index contributed by atoms with van der Waals surface area (Å²) in [6.07, 6.45) is 2.09. The van der Waals surface area contributed by atoms with Gasteiger partial charge in [0.1, 0.15) is 5.82 Å². The van der Waals surface area contributed by atoms with Gasteiger partial charge in [-0.15, -0.1) is 0 Å². The van der Waals surface area contributed by atoms with Crippen LogP contribution in [-0.2, 0) is 11.3 Å². The van der Waals surface area contributed by atoms with Crippen molar-refractivity contribution in [2.45, 2.75) is 43.6 Å². The average Bonchev–Trinajstić information content (AvgIpc) is 3.07. The Kier molecular flexibility index (Phi) is 3.76. The highest BCUT2D eigenvalue weighted by molar-refractivity contribution is 9.10. The molecule has 1 saturated carbocycles. The summed E-state index contributed by atoms with van der Waals surface area (Å²) in [5.74, 6) is -0.192. The van der Waals surface area contributed by atoms with E-state index in [1.54, 1.807) is 6.07 Å². The molecule has 0 N–H and O–H groups in total. The quantitative estimate of drug-likeness (QED) is 0.779. The summed E-state index contributed by atoms with van der Waals surface area (Å²) in [5, 5.41) is 0. The average molecular weight is 314 g/mol. The maximum absolute atomic E-state index is 13.2. The van der Waals surface area contributed by atoms with Crippen LogP contribution in [0.1, 0.15) is 32.3 Å². The molecule has 0 aliphatic heterocycles. The Balaban J connectivity index is 2.14. The molecule has 1 aliphatic carbocycles. The van der Waals surface area contributed by atoms with Gasteiger partial charge in [0.25, 0.3) is 0 Å². The van der Waals surface area contributed by atoms with Crippen molar-refractivity contribution in [1.82, 2.24) is 4.90 Å². The first kappa shape index (κ1) is 13.5. The molecule has 18 heavy (non-hydrogen) atoms. The molecule has 1 amide bonds. The van der Waals surface area contributed by atoms with Crippen molar-refractivity contribution in [3.8, 4) is 0 Å². The molecule has 0 saturated heterocycles. The number of carbonyl (C=O) groups excluding carboxylic acids is 1. The topological polar surface area (TPSA) is 20.3 Å². The zero-order valence-corrected chi connectivity index (χ0v) is 12.2. The lowest BCUT2D eigenvalue weighted by Gasteiger charge is -2.28. The van der Waals surface area contributed by atoms with E-state index in [1.807, 2.05) is 24.8 Å². The predicted molar refractivity (Wildman–Crippen MR) is 73.0 cm³/mol. The second-order valence-corrected chi connectivity index (χ2v) is 7.25. The first-order valence-electron chi connectivity index (χ1n) is 6.12. The Morgan fingerprint density at radius 3 is 2.67 bits per heavy atom. The third-order valence-corrected chi connectivity index (χ3v) is 3.34. The number of rotatable bonds is 4. The van der Waals surface area contributed by atoms with Crippen molar-refractivity contribution in [3.05, 3.63) is 35.6 Å². The van der Waals surface area contributed by atoms with Gasteiger partial charge >= 0.3 is 0 Å². The van der Waals surface area contributed by atoms with Crippen LogP contribution in [0.15, 0.2) is 24.3 Å². The SMILES string of the molecule is CC(C)(Br)C(=O)N(Cc1cccc(F)c1)C1CC1. The molecule has 0 radical (unpaired) electrons. The van der Waals surface area contributed by atoms with Crippen LogP contribution in [-0.4, -0.2) is 21.2 Å². The van der Waals surface area contributed by atoms with Crippen LogP contribution in [0.2, 0.25) is 0 Å².